The Balaban J connectivity index is 2.33. The number of hydrogen-bond donors (Lipinski definition) is 1. The molecule has 20 heavy (non-hydrogen) atoms. The quantitative estimate of drug-likeness (QED) is 0.744. The smallest absolute Gasteiger partial charge is 0.321 e. The number of carbonyl (C=O) groups excluding carboxylic acids is 1. The number of hydrogen-bond acceptors (Lipinski definition) is 3. The summed E-state index contributed by atoms with van der Waals surface area (Å²) in [6, 6.07) is -0.0915. The SMILES string of the molecule is COCCN(CCOC)C(=O)N/C=C/C1CCCCC1. The fourth-order valence-electron chi connectivity index (χ4n) is 2.39. The zero-order valence-electron chi connectivity index (χ0n) is 12.8. The zero-order chi connectivity index (χ0) is 14.6. The molecule has 0 aliphatic heterocycles. The Morgan fingerprint density at radius 3 is 2.30 bits per heavy atom. The number of methoxy groups -OCH3 is 2. The van der Waals surface area contributed by atoms with Crippen LogP contribution in [0.2, 0.25) is 0 Å². The number of amides is 2. The molecule has 0 radical (unpaired) electrons. The second-order valence-corrected chi connectivity index (χ2v) is 5.18. The molecule has 5 heteroatoms. The van der Waals surface area contributed by atoms with Gasteiger partial charge in [0.25, 0.3) is 0 Å². The fourth-order valence-corrected chi connectivity index (χ4v) is 2.39. The monoisotopic (exact) mass is 284 g/mol. The number of rotatable bonds is 8. The number of nitrogens with zero attached hydrogens (tertiary/aromatic N) is 1. The molecule has 116 valence electrons. The molecule has 1 aliphatic carbocycles. The van der Waals surface area contributed by atoms with Crippen molar-refractivity contribution < 1.29 is 14.3 Å². The van der Waals surface area contributed by atoms with Crippen LogP contribution in [0.5, 0.6) is 0 Å². The van der Waals surface area contributed by atoms with Crippen LogP contribution in [-0.4, -0.2) is 51.5 Å². The summed E-state index contributed by atoms with van der Waals surface area (Å²) in [6.45, 7) is 2.21. The van der Waals surface area contributed by atoms with Crippen molar-refractivity contribution in [2.75, 3.05) is 40.5 Å². The number of urea groups is 1. The van der Waals surface area contributed by atoms with E-state index in [0.717, 1.165) is 0 Å². The highest BCUT2D eigenvalue weighted by Crippen LogP contribution is 2.24. The predicted molar refractivity (Wildman–Crippen MR) is 79.6 cm³/mol. The molecule has 0 saturated heterocycles. The second-order valence-electron chi connectivity index (χ2n) is 5.18. The molecule has 1 fully saturated rings. The first-order valence-electron chi connectivity index (χ1n) is 7.48. The molecule has 0 atom stereocenters. The van der Waals surface area contributed by atoms with Gasteiger partial charge in [0.2, 0.25) is 0 Å². The van der Waals surface area contributed by atoms with Crippen molar-refractivity contribution in [3.8, 4) is 0 Å². The minimum Gasteiger partial charge on any atom is -0.383 e. The molecule has 0 bridgehead atoms. The van der Waals surface area contributed by atoms with E-state index in [9.17, 15) is 4.79 Å². The lowest BCUT2D eigenvalue weighted by Gasteiger charge is -2.22. The number of nitrogens with one attached hydrogen (secondary N) is 1. The van der Waals surface area contributed by atoms with E-state index in [-0.39, 0.29) is 6.03 Å². The van der Waals surface area contributed by atoms with E-state index in [0.29, 0.717) is 32.2 Å². The zero-order valence-corrected chi connectivity index (χ0v) is 12.8. The lowest BCUT2D eigenvalue weighted by atomic mass is 9.89. The van der Waals surface area contributed by atoms with Crippen molar-refractivity contribution >= 4 is 6.03 Å². The van der Waals surface area contributed by atoms with Crippen LogP contribution < -0.4 is 5.32 Å². The minimum atomic E-state index is -0.0915. The molecule has 0 aromatic heterocycles. The molecular formula is C15H28N2O3. The number of carbonyl (C=O) groups is 1. The Bertz CT molecular complexity index is 281. The molecule has 1 aliphatic rings. The van der Waals surface area contributed by atoms with Gasteiger partial charge < -0.3 is 19.7 Å². The molecule has 0 aromatic rings. The summed E-state index contributed by atoms with van der Waals surface area (Å²) in [4.78, 5) is 13.8. The Morgan fingerprint density at radius 1 is 1.15 bits per heavy atom. The molecule has 1 rings (SSSR count). The maximum Gasteiger partial charge on any atom is 0.321 e. The molecule has 0 spiro atoms. The van der Waals surface area contributed by atoms with Crippen LogP contribution in [0.3, 0.4) is 0 Å². The molecule has 0 heterocycles. The summed E-state index contributed by atoms with van der Waals surface area (Å²) in [5.74, 6) is 0.621. The lowest BCUT2D eigenvalue weighted by molar-refractivity contribution is 0.123. The molecular weight excluding hydrogens is 256 g/mol. The van der Waals surface area contributed by atoms with E-state index in [1.54, 1.807) is 25.3 Å². The van der Waals surface area contributed by atoms with Crippen LogP contribution in [0.15, 0.2) is 12.3 Å². The topological polar surface area (TPSA) is 50.8 Å². The highest BCUT2D eigenvalue weighted by molar-refractivity contribution is 5.75. The Kier molecular flexibility index (Phi) is 9.07. The van der Waals surface area contributed by atoms with Gasteiger partial charge in [-0.1, -0.05) is 25.3 Å². The second kappa shape index (κ2) is 10.7. The largest absolute Gasteiger partial charge is 0.383 e. The molecule has 1 N–H and O–H groups in total. The third kappa shape index (κ3) is 6.91. The third-order valence-corrected chi connectivity index (χ3v) is 3.64. The van der Waals surface area contributed by atoms with Crippen LogP contribution in [0.4, 0.5) is 4.79 Å². The third-order valence-electron chi connectivity index (χ3n) is 3.64. The Hall–Kier alpha value is -1.07. The van der Waals surface area contributed by atoms with Gasteiger partial charge in [-0.15, -0.1) is 0 Å². The molecule has 1 saturated carbocycles. The van der Waals surface area contributed by atoms with E-state index in [1.165, 1.54) is 32.1 Å². The normalized spacial score (nSPS) is 16.5. The van der Waals surface area contributed by atoms with Gasteiger partial charge in [0.15, 0.2) is 0 Å². The molecule has 2 amide bonds. The summed E-state index contributed by atoms with van der Waals surface area (Å²) in [6.07, 6.45) is 10.4. The van der Waals surface area contributed by atoms with Crippen LogP contribution in [0.1, 0.15) is 32.1 Å². The van der Waals surface area contributed by atoms with Crippen LogP contribution in [-0.2, 0) is 9.47 Å². The summed E-state index contributed by atoms with van der Waals surface area (Å²) in [5.41, 5.74) is 0. The van der Waals surface area contributed by atoms with E-state index in [1.807, 2.05) is 0 Å². The Labute approximate surface area is 122 Å². The van der Waals surface area contributed by atoms with Gasteiger partial charge in [-0.25, -0.2) is 4.79 Å². The van der Waals surface area contributed by atoms with Crippen molar-refractivity contribution in [1.82, 2.24) is 10.2 Å². The first-order chi connectivity index (χ1) is 9.77. The summed E-state index contributed by atoms with van der Waals surface area (Å²) in [5, 5.41) is 2.84. The first-order valence-corrected chi connectivity index (χ1v) is 7.48. The van der Waals surface area contributed by atoms with Gasteiger partial charge in [0.05, 0.1) is 13.2 Å². The summed E-state index contributed by atoms with van der Waals surface area (Å²) >= 11 is 0. The number of ether oxygens (including phenoxy) is 2. The van der Waals surface area contributed by atoms with Crippen molar-refractivity contribution in [2.24, 2.45) is 5.92 Å². The highest BCUT2D eigenvalue weighted by Gasteiger charge is 2.12. The summed E-state index contributed by atoms with van der Waals surface area (Å²) in [7, 11) is 3.27. The minimum absolute atomic E-state index is 0.0915. The summed E-state index contributed by atoms with van der Waals surface area (Å²) < 4.78 is 10.0. The molecule has 0 aromatic carbocycles. The van der Waals surface area contributed by atoms with Crippen molar-refractivity contribution in [2.45, 2.75) is 32.1 Å². The predicted octanol–water partition coefficient (Wildman–Crippen LogP) is 2.38. The van der Waals surface area contributed by atoms with Crippen molar-refractivity contribution in [3.63, 3.8) is 0 Å². The van der Waals surface area contributed by atoms with E-state index < -0.39 is 0 Å². The number of allylic oxidation sites excluding steroid dienone is 1. The van der Waals surface area contributed by atoms with Crippen LogP contribution in [0, 0.1) is 5.92 Å². The van der Waals surface area contributed by atoms with Crippen LogP contribution in [0.25, 0.3) is 0 Å². The van der Waals surface area contributed by atoms with E-state index >= 15 is 0 Å². The van der Waals surface area contributed by atoms with Crippen LogP contribution >= 0.6 is 0 Å². The molecule has 0 unspecified atom stereocenters. The van der Waals surface area contributed by atoms with Gasteiger partial charge in [-0.2, -0.15) is 0 Å². The van der Waals surface area contributed by atoms with Crippen molar-refractivity contribution in [1.29, 1.82) is 0 Å². The fraction of sp³-hybridized carbons (Fsp3) is 0.800. The van der Waals surface area contributed by atoms with Gasteiger partial charge in [-0.05, 0) is 18.8 Å². The lowest BCUT2D eigenvalue weighted by Crippen LogP contribution is -2.41. The van der Waals surface area contributed by atoms with Gasteiger partial charge in [0, 0.05) is 33.5 Å². The molecule has 5 nitrogen and oxygen atoms in total. The van der Waals surface area contributed by atoms with Gasteiger partial charge in [0.1, 0.15) is 0 Å². The van der Waals surface area contributed by atoms with Gasteiger partial charge in [-0.3, -0.25) is 0 Å². The highest BCUT2D eigenvalue weighted by atomic mass is 16.5. The maximum atomic E-state index is 12.0. The van der Waals surface area contributed by atoms with E-state index in [2.05, 4.69) is 11.4 Å². The Morgan fingerprint density at radius 2 is 1.75 bits per heavy atom. The van der Waals surface area contributed by atoms with E-state index in [4.69, 9.17) is 9.47 Å². The maximum absolute atomic E-state index is 12.0. The van der Waals surface area contributed by atoms with Gasteiger partial charge >= 0.3 is 6.03 Å². The average Bonchev–Trinajstić information content (AvgIpc) is 2.48. The standard InChI is InChI=1S/C15H28N2O3/c1-19-12-10-17(11-13-20-2)15(18)16-9-8-14-6-4-3-5-7-14/h8-9,14H,3-7,10-13H2,1-2H3,(H,16,18)/b9-8+. The first kappa shape index (κ1) is 17.0. The average molecular weight is 284 g/mol. The van der Waals surface area contributed by atoms with Crippen molar-refractivity contribution in [3.05, 3.63) is 12.3 Å².